The van der Waals surface area contributed by atoms with Crippen LogP contribution in [0.4, 0.5) is 0 Å². The summed E-state index contributed by atoms with van der Waals surface area (Å²) in [5, 5.41) is 9.04. The largest absolute Gasteiger partial charge is 0.496 e. The Morgan fingerprint density at radius 3 is 2.62 bits per heavy atom. The lowest BCUT2D eigenvalue weighted by atomic mass is 10.1. The summed E-state index contributed by atoms with van der Waals surface area (Å²) in [6.45, 7) is 6.01. The molecule has 0 fully saturated rings. The number of aryl methyl sites for hydroxylation is 1. The molecule has 7 nitrogen and oxygen atoms in total. The average Bonchev–Trinajstić information content (AvgIpc) is 3.07. The van der Waals surface area contributed by atoms with Crippen molar-refractivity contribution >= 4 is 17.5 Å². The summed E-state index contributed by atoms with van der Waals surface area (Å²) < 4.78 is 12.6. The molecule has 0 aliphatic rings. The zero-order valence-electron chi connectivity index (χ0n) is 16.9. The van der Waals surface area contributed by atoms with E-state index in [0.29, 0.717) is 34.7 Å². The number of nitrogens with zero attached hydrogens (tertiary/aromatic N) is 3. The van der Waals surface area contributed by atoms with Crippen LogP contribution in [0.2, 0.25) is 0 Å². The van der Waals surface area contributed by atoms with E-state index in [1.54, 1.807) is 20.1 Å². The van der Waals surface area contributed by atoms with Gasteiger partial charge in [0.1, 0.15) is 11.5 Å². The number of rotatable bonds is 8. The number of hydrogen-bond donors (Lipinski definition) is 1. The summed E-state index contributed by atoms with van der Waals surface area (Å²) in [6, 6.07) is 11.3. The Labute approximate surface area is 174 Å². The van der Waals surface area contributed by atoms with E-state index in [1.807, 2.05) is 44.2 Å². The third kappa shape index (κ3) is 4.54. The van der Waals surface area contributed by atoms with Crippen molar-refractivity contribution in [3.05, 3.63) is 53.1 Å². The summed E-state index contributed by atoms with van der Waals surface area (Å²) >= 11 is 1.43. The molecule has 29 heavy (non-hydrogen) atoms. The second-order valence-corrected chi connectivity index (χ2v) is 7.42. The normalized spacial score (nSPS) is 10.8. The van der Waals surface area contributed by atoms with Crippen molar-refractivity contribution in [3.8, 4) is 22.9 Å². The zero-order valence-corrected chi connectivity index (χ0v) is 17.7. The molecule has 0 saturated heterocycles. The highest BCUT2D eigenvalue weighted by atomic mass is 32.2. The van der Waals surface area contributed by atoms with E-state index in [9.17, 15) is 4.79 Å². The van der Waals surface area contributed by atoms with E-state index >= 15 is 0 Å². The minimum absolute atomic E-state index is 0.00937. The standard InChI is InChI=1S/C21H24N4O3S/c1-5-28-18-9-7-15(14(3)26)11-16(18)12-29-21-24-23-20(25(21)22)17-10-13(2)6-8-19(17)27-4/h6-11H,5,12,22H2,1-4H3. The number of nitrogens with two attached hydrogens (primary N) is 1. The number of aromatic nitrogens is 3. The number of Topliss-reactive ketones (excluding diaryl/α,β-unsaturated/α-hetero) is 1. The second kappa shape index (κ2) is 9.00. The van der Waals surface area contributed by atoms with Crippen LogP contribution in [0.25, 0.3) is 11.4 Å². The van der Waals surface area contributed by atoms with Crippen LogP contribution >= 0.6 is 11.8 Å². The summed E-state index contributed by atoms with van der Waals surface area (Å²) in [6.07, 6.45) is 0. The van der Waals surface area contributed by atoms with Crippen LogP contribution < -0.4 is 15.3 Å². The van der Waals surface area contributed by atoms with E-state index in [-0.39, 0.29) is 5.78 Å². The Hall–Kier alpha value is -3.00. The lowest BCUT2D eigenvalue weighted by Crippen LogP contribution is -2.12. The fourth-order valence-electron chi connectivity index (χ4n) is 2.91. The molecule has 0 saturated carbocycles. The van der Waals surface area contributed by atoms with Crippen LogP contribution in [0, 0.1) is 6.92 Å². The summed E-state index contributed by atoms with van der Waals surface area (Å²) in [5.74, 6) is 8.77. The summed E-state index contributed by atoms with van der Waals surface area (Å²) in [4.78, 5) is 11.7. The maximum atomic E-state index is 11.7. The van der Waals surface area contributed by atoms with E-state index in [2.05, 4.69) is 10.2 Å². The maximum Gasteiger partial charge on any atom is 0.210 e. The highest BCUT2D eigenvalue weighted by molar-refractivity contribution is 7.98. The fourth-order valence-corrected chi connectivity index (χ4v) is 3.74. The number of methoxy groups -OCH3 is 1. The van der Waals surface area contributed by atoms with E-state index in [4.69, 9.17) is 15.3 Å². The van der Waals surface area contributed by atoms with Crippen molar-refractivity contribution in [2.75, 3.05) is 19.6 Å². The number of carbonyl (C=O) groups excluding carboxylic acids is 1. The highest BCUT2D eigenvalue weighted by Crippen LogP contribution is 2.32. The molecule has 3 rings (SSSR count). The van der Waals surface area contributed by atoms with Gasteiger partial charge in [-0.15, -0.1) is 10.2 Å². The lowest BCUT2D eigenvalue weighted by molar-refractivity contribution is 0.101. The van der Waals surface area contributed by atoms with Gasteiger partial charge < -0.3 is 15.3 Å². The predicted octanol–water partition coefficient (Wildman–Crippen LogP) is 3.87. The van der Waals surface area contributed by atoms with Crippen molar-refractivity contribution in [1.29, 1.82) is 0 Å². The number of ether oxygens (including phenoxy) is 2. The molecule has 3 aromatic rings. The van der Waals surface area contributed by atoms with Gasteiger partial charge in [-0.3, -0.25) is 4.79 Å². The van der Waals surface area contributed by atoms with E-state index in [1.165, 1.54) is 16.4 Å². The number of nitrogen functional groups attached to an aromatic ring is 1. The Balaban J connectivity index is 1.87. The Kier molecular flexibility index (Phi) is 6.43. The van der Waals surface area contributed by atoms with Gasteiger partial charge in [0.2, 0.25) is 5.16 Å². The molecule has 2 aromatic carbocycles. The molecule has 152 valence electrons. The molecule has 2 N–H and O–H groups in total. The average molecular weight is 413 g/mol. The minimum Gasteiger partial charge on any atom is -0.496 e. The molecule has 0 atom stereocenters. The van der Waals surface area contributed by atoms with Crippen LogP contribution in [0.5, 0.6) is 11.5 Å². The molecule has 1 aromatic heterocycles. The summed E-state index contributed by atoms with van der Waals surface area (Å²) in [5.41, 5.74) is 3.40. The minimum atomic E-state index is 0.00937. The van der Waals surface area contributed by atoms with Gasteiger partial charge in [0.15, 0.2) is 11.6 Å². The van der Waals surface area contributed by atoms with Crippen LogP contribution in [0.1, 0.15) is 35.3 Å². The fraction of sp³-hybridized carbons (Fsp3) is 0.286. The van der Waals surface area contributed by atoms with Crippen LogP contribution in [0.3, 0.4) is 0 Å². The first kappa shape index (κ1) is 20.7. The van der Waals surface area contributed by atoms with Gasteiger partial charge in [-0.1, -0.05) is 23.4 Å². The Morgan fingerprint density at radius 2 is 1.93 bits per heavy atom. The quantitative estimate of drug-likeness (QED) is 0.341. The molecule has 0 unspecified atom stereocenters. The molecular weight excluding hydrogens is 388 g/mol. The molecule has 0 radical (unpaired) electrons. The van der Waals surface area contributed by atoms with Gasteiger partial charge in [0.05, 0.1) is 19.3 Å². The highest BCUT2D eigenvalue weighted by Gasteiger charge is 2.17. The van der Waals surface area contributed by atoms with Crippen molar-refractivity contribution in [2.45, 2.75) is 31.7 Å². The number of benzene rings is 2. The molecule has 0 aliphatic heterocycles. The molecule has 0 aliphatic carbocycles. The SMILES string of the molecule is CCOc1ccc(C(C)=O)cc1CSc1nnc(-c2cc(C)ccc2OC)n1N. The molecule has 8 heteroatoms. The van der Waals surface area contributed by atoms with Gasteiger partial charge in [-0.05, 0) is 51.1 Å². The van der Waals surface area contributed by atoms with Crippen molar-refractivity contribution in [1.82, 2.24) is 14.9 Å². The molecule has 0 spiro atoms. The number of thioether (sulfide) groups is 1. The predicted molar refractivity (Wildman–Crippen MR) is 114 cm³/mol. The lowest BCUT2D eigenvalue weighted by Gasteiger charge is -2.11. The summed E-state index contributed by atoms with van der Waals surface area (Å²) in [7, 11) is 1.61. The monoisotopic (exact) mass is 412 g/mol. The number of carbonyl (C=O) groups is 1. The number of hydrogen-bond acceptors (Lipinski definition) is 7. The molecule has 0 amide bonds. The number of ketones is 1. The Morgan fingerprint density at radius 1 is 1.17 bits per heavy atom. The van der Waals surface area contributed by atoms with Gasteiger partial charge in [0, 0.05) is 16.9 Å². The zero-order chi connectivity index (χ0) is 21.0. The second-order valence-electron chi connectivity index (χ2n) is 6.48. The third-order valence-electron chi connectivity index (χ3n) is 4.38. The molecule has 1 heterocycles. The van der Waals surface area contributed by atoms with Gasteiger partial charge in [-0.2, -0.15) is 0 Å². The van der Waals surface area contributed by atoms with Crippen LogP contribution in [0.15, 0.2) is 41.6 Å². The van der Waals surface area contributed by atoms with Crippen molar-refractivity contribution in [3.63, 3.8) is 0 Å². The maximum absolute atomic E-state index is 11.7. The first-order chi connectivity index (χ1) is 13.9. The molecule has 0 bridgehead atoms. The van der Waals surface area contributed by atoms with Crippen LogP contribution in [-0.2, 0) is 5.75 Å². The van der Waals surface area contributed by atoms with Gasteiger partial charge in [-0.25, -0.2) is 4.68 Å². The molecular formula is C21H24N4O3S. The van der Waals surface area contributed by atoms with E-state index in [0.717, 1.165) is 22.4 Å². The first-order valence-electron chi connectivity index (χ1n) is 9.19. The first-order valence-corrected chi connectivity index (χ1v) is 10.2. The third-order valence-corrected chi connectivity index (χ3v) is 5.38. The van der Waals surface area contributed by atoms with Crippen molar-refractivity contribution < 1.29 is 14.3 Å². The van der Waals surface area contributed by atoms with Crippen LogP contribution in [-0.4, -0.2) is 34.4 Å². The topological polar surface area (TPSA) is 92.3 Å². The van der Waals surface area contributed by atoms with E-state index < -0.39 is 0 Å². The van der Waals surface area contributed by atoms with Crippen molar-refractivity contribution in [2.24, 2.45) is 0 Å². The van der Waals surface area contributed by atoms with Gasteiger partial charge in [0.25, 0.3) is 0 Å². The Bertz CT molecular complexity index is 1030. The smallest absolute Gasteiger partial charge is 0.210 e. The van der Waals surface area contributed by atoms with Gasteiger partial charge >= 0.3 is 0 Å².